The molecule has 21 heteroatoms. The molecule has 1 aliphatic carbocycles. The molecule has 5 rings (SSSR count). The summed E-state index contributed by atoms with van der Waals surface area (Å²) in [6.45, 7) is 9.20. The van der Waals surface area contributed by atoms with E-state index < -0.39 is 72.2 Å². The summed E-state index contributed by atoms with van der Waals surface area (Å²) in [7, 11) is 3.28. The molecule has 0 bridgehead atoms. The number of carbonyl (C=O) groups excluding carboxylic acids is 2. The van der Waals surface area contributed by atoms with Gasteiger partial charge in [0.1, 0.15) is 33.5 Å². The molecule has 1 aromatic rings. The normalized spacial score (nSPS) is 31.8. The Morgan fingerprint density at radius 1 is 1.02 bits per heavy atom. The van der Waals surface area contributed by atoms with Gasteiger partial charge in [0, 0.05) is 36.5 Å². The van der Waals surface area contributed by atoms with E-state index in [1.165, 1.54) is 11.8 Å². The second-order valence-electron chi connectivity index (χ2n) is 15.9. The molecule has 3 saturated heterocycles. The van der Waals surface area contributed by atoms with Gasteiger partial charge in [0.15, 0.2) is 18.9 Å². The molecule has 0 radical (unpaired) electrons. The number of carbonyl (C=O) groups is 2. The van der Waals surface area contributed by atoms with Gasteiger partial charge in [-0.25, -0.2) is 4.98 Å². The Bertz CT molecular complexity index is 1520. The molecule has 4 aliphatic rings. The van der Waals surface area contributed by atoms with Crippen LogP contribution in [0.25, 0.3) is 0 Å². The van der Waals surface area contributed by atoms with E-state index in [1.54, 1.807) is 39.5 Å². The van der Waals surface area contributed by atoms with Gasteiger partial charge in [-0.15, -0.1) is 23.5 Å². The van der Waals surface area contributed by atoms with E-state index in [0.717, 1.165) is 20.1 Å². The standard InChI is InChI=1S/C40H61NO15S5/c1-5-58-38(57)60-29-20-40(29,23-39(3,4)24(2)35(46)50-15-14-48-12-13-49-16-17-59-61-30-8-6-7-10-41-30)37(47)51-11-9-31-52-22-28-34(55-31)27(44)19-32(54-28)56-36-33(45)26(43)18-25(21-42)53-36/h6-8,10,24-29,31-34,36,42-45H,5,9,11-23H2,1-4H3. The highest BCUT2D eigenvalue weighted by molar-refractivity contribution is 8.76. The maximum atomic E-state index is 13.9. The van der Waals surface area contributed by atoms with Gasteiger partial charge in [-0.05, 0) is 46.9 Å². The minimum atomic E-state index is -1.36. The fourth-order valence-corrected chi connectivity index (χ4v) is 11.9. The lowest BCUT2D eigenvalue weighted by molar-refractivity contribution is -0.372. The molecule has 61 heavy (non-hydrogen) atoms. The molecule has 0 aromatic carbocycles. The van der Waals surface area contributed by atoms with Gasteiger partial charge in [0.05, 0.1) is 75.9 Å². The Balaban J connectivity index is 1.02. The topological polar surface area (TPSA) is 211 Å². The number of thioether (sulfide) groups is 2. The molecule has 1 saturated carbocycles. The molecular formula is C40H61NO15S5. The van der Waals surface area contributed by atoms with Crippen LogP contribution in [-0.2, 0) is 52.2 Å². The quantitative estimate of drug-likeness (QED) is 0.0500. The van der Waals surface area contributed by atoms with E-state index in [0.29, 0.717) is 32.7 Å². The maximum absolute atomic E-state index is 13.9. The molecule has 12 atom stereocenters. The predicted octanol–water partition coefficient (Wildman–Crippen LogP) is 3.98. The molecule has 0 amide bonds. The van der Waals surface area contributed by atoms with Crippen molar-refractivity contribution in [2.75, 3.05) is 64.4 Å². The van der Waals surface area contributed by atoms with E-state index in [1.807, 2.05) is 45.9 Å². The van der Waals surface area contributed by atoms with Gasteiger partial charge in [0.25, 0.3) is 0 Å². The number of hydrogen-bond acceptors (Lipinski definition) is 21. The fourth-order valence-electron chi connectivity index (χ4n) is 7.25. The zero-order valence-corrected chi connectivity index (χ0v) is 39.1. The van der Waals surface area contributed by atoms with Crippen LogP contribution >= 0.6 is 57.3 Å². The van der Waals surface area contributed by atoms with Crippen LogP contribution in [0.5, 0.6) is 0 Å². The van der Waals surface area contributed by atoms with E-state index in [4.69, 9.17) is 54.8 Å². The van der Waals surface area contributed by atoms with Gasteiger partial charge in [0.2, 0.25) is 0 Å². The summed E-state index contributed by atoms with van der Waals surface area (Å²) in [5, 5.41) is 41.8. The van der Waals surface area contributed by atoms with Crippen LogP contribution in [0.15, 0.2) is 29.4 Å². The first-order valence-corrected chi connectivity index (χ1v) is 25.3. The molecule has 1 aromatic heterocycles. The van der Waals surface area contributed by atoms with E-state index in [9.17, 15) is 30.0 Å². The van der Waals surface area contributed by atoms with Crippen LogP contribution in [0.2, 0.25) is 0 Å². The largest absolute Gasteiger partial charge is 0.465 e. The lowest BCUT2D eigenvalue weighted by Gasteiger charge is -2.45. The third-order valence-electron chi connectivity index (χ3n) is 11.0. The summed E-state index contributed by atoms with van der Waals surface area (Å²) in [5.41, 5.74) is -1.48. The molecule has 3 aliphatic heterocycles. The lowest BCUT2D eigenvalue weighted by Crippen LogP contribution is -2.58. The van der Waals surface area contributed by atoms with Crippen molar-refractivity contribution in [3.63, 3.8) is 0 Å². The minimum absolute atomic E-state index is 0.00477. The SMILES string of the molecule is CCSC(=S)SC1CC1(CC(C)(C)C(C)C(=O)OCCOCCOCCSSc1ccccn1)C(=O)OCCC1OCC2OC(OC3OC(CO)CC(O)C3O)CC(O)C2O1. The maximum Gasteiger partial charge on any atom is 0.313 e. The molecule has 0 spiro atoms. The Morgan fingerprint density at radius 2 is 1.79 bits per heavy atom. The smallest absolute Gasteiger partial charge is 0.313 e. The summed E-state index contributed by atoms with van der Waals surface area (Å²) in [6.07, 6.45) is -5.76. The van der Waals surface area contributed by atoms with Gasteiger partial charge < -0.3 is 63.1 Å². The summed E-state index contributed by atoms with van der Waals surface area (Å²) in [4.78, 5) is 31.4. The molecule has 4 heterocycles. The van der Waals surface area contributed by atoms with Crippen molar-refractivity contribution in [2.45, 2.75) is 126 Å². The zero-order chi connectivity index (χ0) is 44.0. The van der Waals surface area contributed by atoms with Crippen molar-refractivity contribution in [1.29, 1.82) is 0 Å². The monoisotopic (exact) mass is 955 g/mol. The number of hydrogen-bond donors (Lipinski definition) is 4. The first kappa shape index (κ1) is 51.1. The Morgan fingerprint density at radius 3 is 2.52 bits per heavy atom. The van der Waals surface area contributed by atoms with Crippen LogP contribution in [0.4, 0.5) is 0 Å². The Kier molecular flexibility index (Phi) is 21.1. The number of nitrogens with zero attached hydrogens (tertiary/aromatic N) is 1. The van der Waals surface area contributed by atoms with Crippen molar-refractivity contribution >= 4 is 72.8 Å². The highest BCUT2D eigenvalue weighted by atomic mass is 33.1. The van der Waals surface area contributed by atoms with Crippen LogP contribution in [0.3, 0.4) is 0 Å². The number of aliphatic hydroxyl groups excluding tert-OH is 4. The molecule has 346 valence electrons. The summed E-state index contributed by atoms with van der Waals surface area (Å²) >= 11 is 8.64. The third kappa shape index (κ3) is 15.4. The number of ether oxygens (including phenoxy) is 9. The number of thiocarbonyl (C=S) groups is 1. The Labute approximate surface area is 379 Å². The van der Waals surface area contributed by atoms with Crippen molar-refractivity contribution in [3.05, 3.63) is 24.4 Å². The van der Waals surface area contributed by atoms with Gasteiger partial charge in [-0.1, -0.05) is 56.8 Å². The summed E-state index contributed by atoms with van der Waals surface area (Å²) in [6, 6.07) is 5.80. The molecule has 12 unspecified atom stereocenters. The molecule has 4 fully saturated rings. The van der Waals surface area contributed by atoms with Gasteiger partial charge in [-0.2, -0.15) is 0 Å². The molecule has 16 nitrogen and oxygen atoms in total. The van der Waals surface area contributed by atoms with E-state index >= 15 is 0 Å². The number of pyridine rings is 1. The number of esters is 2. The van der Waals surface area contributed by atoms with Crippen LogP contribution in [0.1, 0.15) is 59.8 Å². The summed E-state index contributed by atoms with van der Waals surface area (Å²) < 4.78 is 52.6. The second-order valence-corrected chi connectivity index (χ2v) is 22.0. The van der Waals surface area contributed by atoms with E-state index in [2.05, 4.69) is 4.98 Å². The zero-order valence-electron chi connectivity index (χ0n) is 35.0. The predicted molar refractivity (Wildman–Crippen MR) is 235 cm³/mol. The average Bonchev–Trinajstić information content (AvgIpc) is 3.92. The number of aromatic nitrogens is 1. The molecular weight excluding hydrogens is 895 g/mol. The van der Waals surface area contributed by atoms with Gasteiger partial charge >= 0.3 is 11.9 Å². The molecule has 4 N–H and O–H groups in total. The average molecular weight is 956 g/mol. The highest BCUT2D eigenvalue weighted by Crippen LogP contribution is 2.62. The van der Waals surface area contributed by atoms with Crippen molar-refractivity contribution < 1.29 is 72.6 Å². The number of aliphatic hydroxyl groups is 4. The minimum Gasteiger partial charge on any atom is -0.465 e. The van der Waals surface area contributed by atoms with Crippen LogP contribution in [-0.4, -0.2) is 166 Å². The van der Waals surface area contributed by atoms with Crippen LogP contribution in [0, 0.1) is 16.7 Å². The van der Waals surface area contributed by atoms with Crippen molar-refractivity contribution in [3.8, 4) is 0 Å². The number of rotatable bonds is 24. The summed E-state index contributed by atoms with van der Waals surface area (Å²) in [5.74, 6) is 0.357. The van der Waals surface area contributed by atoms with Crippen molar-refractivity contribution in [2.24, 2.45) is 16.7 Å². The van der Waals surface area contributed by atoms with Crippen molar-refractivity contribution in [1.82, 2.24) is 4.98 Å². The first-order valence-electron chi connectivity index (χ1n) is 20.7. The first-order chi connectivity index (χ1) is 29.3. The third-order valence-corrected chi connectivity index (χ3v) is 16.1. The van der Waals surface area contributed by atoms with E-state index in [-0.39, 0.29) is 69.5 Å². The van der Waals surface area contributed by atoms with Crippen LogP contribution < -0.4 is 0 Å². The fraction of sp³-hybridized carbons (Fsp3) is 0.800. The number of fused-ring (bicyclic) bond motifs is 1. The second kappa shape index (κ2) is 25.2. The lowest BCUT2D eigenvalue weighted by atomic mass is 9.72. The highest BCUT2D eigenvalue weighted by Gasteiger charge is 2.64. The Hall–Kier alpha value is -0.860. The van der Waals surface area contributed by atoms with Gasteiger partial charge in [-0.3, -0.25) is 9.59 Å².